The summed E-state index contributed by atoms with van der Waals surface area (Å²) in [7, 11) is 0. The number of nitrogens with one attached hydrogen (secondary N) is 1. The molecule has 1 saturated heterocycles. The Morgan fingerprint density at radius 3 is 2.95 bits per heavy atom. The molecule has 0 radical (unpaired) electrons. The molecule has 1 unspecified atom stereocenters. The van der Waals surface area contributed by atoms with Crippen molar-refractivity contribution in [1.29, 1.82) is 0 Å². The Kier molecular flexibility index (Phi) is 4.47. The lowest BCUT2D eigenvalue weighted by molar-refractivity contribution is 0.143. The fourth-order valence-electron chi connectivity index (χ4n) is 3.32. The Morgan fingerprint density at radius 1 is 1.32 bits per heavy atom. The molecule has 0 aromatic carbocycles. The molecule has 6 nitrogen and oxygen atoms in total. The molecule has 6 heteroatoms. The van der Waals surface area contributed by atoms with Crippen LogP contribution >= 0.6 is 0 Å². The third kappa shape index (κ3) is 3.32. The molecule has 2 aromatic rings. The van der Waals surface area contributed by atoms with Crippen LogP contribution in [-0.4, -0.2) is 43.6 Å². The Labute approximate surface area is 131 Å². The van der Waals surface area contributed by atoms with Gasteiger partial charge in [-0.1, -0.05) is 31.5 Å². The molecule has 3 heterocycles. The van der Waals surface area contributed by atoms with E-state index in [9.17, 15) is 0 Å². The smallest absolute Gasteiger partial charge is 0.181 e. The van der Waals surface area contributed by atoms with E-state index in [1.54, 1.807) is 0 Å². The van der Waals surface area contributed by atoms with Gasteiger partial charge < -0.3 is 0 Å². The van der Waals surface area contributed by atoms with Crippen LogP contribution in [0.3, 0.4) is 0 Å². The lowest BCUT2D eigenvalue weighted by Gasteiger charge is -2.38. The number of aromatic amines is 1. The van der Waals surface area contributed by atoms with Gasteiger partial charge in [-0.05, 0) is 37.9 Å². The van der Waals surface area contributed by atoms with Gasteiger partial charge in [0.2, 0.25) is 0 Å². The zero-order valence-electron chi connectivity index (χ0n) is 13.4. The molecule has 1 fully saturated rings. The molecule has 22 heavy (non-hydrogen) atoms. The van der Waals surface area contributed by atoms with Crippen molar-refractivity contribution in [3.63, 3.8) is 0 Å². The van der Waals surface area contributed by atoms with Crippen molar-refractivity contribution >= 4 is 0 Å². The minimum atomic E-state index is -0.0215. The first-order chi connectivity index (χ1) is 10.7. The molecule has 0 aliphatic carbocycles. The summed E-state index contributed by atoms with van der Waals surface area (Å²) in [4.78, 5) is 7.23. The second-order valence-corrected chi connectivity index (χ2v) is 6.48. The third-order valence-electron chi connectivity index (χ3n) is 4.42. The average molecular weight is 300 g/mol. The zero-order valence-corrected chi connectivity index (χ0v) is 13.4. The molecule has 1 aliphatic heterocycles. The highest BCUT2D eigenvalue weighted by Gasteiger charge is 2.36. The van der Waals surface area contributed by atoms with E-state index in [-0.39, 0.29) is 5.41 Å². The van der Waals surface area contributed by atoms with Crippen LogP contribution in [0.2, 0.25) is 0 Å². The molecule has 2 aromatic heterocycles. The largest absolute Gasteiger partial charge is 0.297 e. The van der Waals surface area contributed by atoms with Gasteiger partial charge in [0.15, 0.2) is 5.82 Å². The van der Waals surface area contributed by atoms with E-state index in [0.29, 0.717) is 0 Å². The highest BCUT2D eigenvalue weighted by atomic mass is 15.5. The number of tetrazole rings is 1. The highest BCUT2D eigenvalue weighted by Crippen LogP contribution is 2.31. The van der Waals surface area contributed by atoms with E-state index in [0.717, 1.165) is 56.8 Å². The van der Waals surface area contributed by atoms with Crippen molar-refractivity contribution in [3.05, 3.63) is 35.4 Å². The summed E-state index contributed by atoms with van der Waals surface area (Å²) in [6.45, 7) is 7.37. The first-order valence-electron chi connectivity index (χ1n) is 8.11. The van der Waals surface area contributed by atoms with Gasteiger partial charge in [-0.15, -0.1) is 10.2 Å². The van der Waals surface area contributed by atoms with Crippen molar-refractivity contribution in [2.45, 2.75) is 51.5 Å². The number of hydrogen-bond acceptors (Lipinski definition) is 5. The average Bonchev–Trinajstić information content (AvgIpc) is 3.03. The topological polar surface area (TPSA) is 70.6 Å². The van der Waals surface area contributed by atoms with Gasteiger partial charge in [-0.25, -0.2) is 0 Å². The number of aryl methyl sites for hydroxylation is 1. The number of pyridine rings is 1. The fourth-order valence-corrected chi connectivity index (χ4v) is 3.32. The van der Waals surface area contributed by atoms with Crippen molar-refractivity contribution in [2.75, 3.05) is 13.1 Å². The number of hydrogen-bond donors (Lipinski definition) is 1. The summed E-state index contributed by atoms with van der Waals surface area (Å²) >= 11 is 0. The fraction of sp³-hybridized carbons (Fsp3) is 0.625. The second-order valence-electron chi connectivity index (χ2n) is 6.48. The van der Waals surface area contributed by atoms with E-state index < -0.39 is 0 Å². The van der Waals surface area contributed by atoms with E-state index in [4.69, 9.17) is 4.98 Å². The number of piperidine rings is 1. The van der Waals surface area contributed by atoms with E-state index in [1.165, 1.54) is 5.69 Å². The minimum absolute atomic E-state index is 0.0215. The van der Waals surface area contributed by atoms with Crippen LogP contribution in [0.4, 0.5) is 0 Å². The van der Waals surface area contributed by atoms with Crippen LogP contribution in [-0.2, 0) is 18.4 Å². The van der Waals surface area contributed by atoms with Crippen LogP contribution in [0.1, 0.15) is 50.3 Å². The summed E-state index contributed by atoms with van der Waals surface area (Å²) in [5.41, 5.74) is 2.33. The van der Waals surface area contributed by atoms with E-state index in [1.807, 2.05) is 0 Å². The maximum absolute atomic E-state index is 4.78. The Morgan fingerprint density at radius 2 is 2.18 bits per heavy atom. The van der Waals surface area contributed by atoms with Gasteiger partial charge in [0.05, 0.1) is 5.69 Å². The number of likely N-dealkylation sites (tertiary alicyclic amines) is 1. The maximum Gasteiger partial charge on any atom is 0.181 e. The molecular weight excluding hydrogens is 276 g/mol. The summed E-state index contributed by atoms with van der Waals surface area (Å²) in [5, 5.41) is 14.7. The lowest BCUT2D eigenvalue weighted by atomic mass is 9.81. The molecule has 0 saturated carbocycles. The predicted molar refractivity (Wildman–Crippen MR) is 84.3 cm³/mol. The Balaban J connectivity index is 1.69. The standard InChI is InChI=1S/C16H24N6/c1-3-6-13-7-4-8-14(17-13)11-22-10-5-9-16(2,12-22)15-18-20-21-19-15/h4,7-8H,3,5-6,9-12H2,1-2H3,(H,18,19,20,21). The van der Waals surface area contributed by atoms with Crippen molar-refractivity contribution < 1.29 is 0 Å². The number of rotatable bonds is 5. The molecule has 118 valence electrons. The lowest BCUT2D eigenvalue weighted by Crippen LogP contribution is -2.44. The highest BCUT2D eigenvalue weighted by molar-refractivity contribution is 5.12. The van der Waals surface area contributed by atoms with Crippen molar-refractivity contribution in [1.82, 2.24) is 30.5 Å². The minimum Gasteiger partial charge on any atom is -0.297 e. The third-order valence-corrected chi connectivity index (χ3v) is 4.42. The molecule has 1 atom stereocenters. The zero-order chi connectivity index (χ0) is 15.4. The Bertz CT molecular complexity index is 596. The molecular formula is C16H24N6. The normalized spacial score (nSPS) is 22.8. The number of aromatic nitrogens is 5. The van der Waals surface area contributed by atoms with Crippen molar-refractivity contribution in [2.24, 2.45) is 0 Å². The number of H-pyrrole nitrogens is 1. The maximum atomic E-state index is 4.78. The SMILES string of the molecule is CCCc1cccc(CN2CCCC(C)(c3nn[nH]n3)C2)n1. The monoisotopic (exact) mass is 300 g/mol. The quantitative estimate of drug-likeness (QED) is 0.915. The van der Waals surface area contributed by atoms with Crippen molar-refractivity contribution in [3.8, 4) is 0 Å². The number of nitrogens with zero attached hydrogens (tertiary/aromatic N) is 5. The molecule has 0 bridgehead atoms. The predicted octanol–water partition coefficient (Wildman–Crippen LogP) is 2.10. The molecule has 0 spiro atoms. The van der Waals surface area contributed by atoms with Crippen LogP contribution < -0.4 is 0 Å². The van der Waals surface area contributed by atoms with Gasteiger partial charge in [-0.3, -0.25) is 9.88 Å². The summed E-state index contributed by atoms with van der Waals surface area (Å²) < 4.78 is 0. The molecule has 1 aliphatic rings. The first-order valence-corrected chi connectivity index (χ1v) is 8.11. The summed E-state index contributed by atoms with van der Waals surface area (Å²) in [5.74, 6) is 0.824. The summed E-state index contributed by atoms with van der Waals surface area (Å²) in [6.07, 6.45) is 4.44. The van der Waals surface area contributed by atoms with E-state index in [2.05, 4.69) is 57.6 Å². The summed E-state index contributed by atoms with van der Waals surface area (Å²) in [6, 6.07) is 6.36. The van der Waals surface area contributed by atoms with Gasteiger partial charge in [-0.2, -0.15) is 5.21 Å². The second kappa shape index (κ2) is 6.52. The molecule has 3 rings (SSSR count). The van der Waals surface area contributed by atoms with Gasteiger partial charge in [0.1, 0.15) is 0 Å². The van der Waals surface area contributed by atoms with Gasteiger partial charge >= 0.3 is 0 Å². The van der Waals surface area contributed by atoms with E-state index >= 15 is 0 Å². The first kappa shape index (κ1) is 15.1. The van der Waals surface area contributed by atoms with Crippen LogP contribution in [0.25, 0.3) is 0 Å². The molecule has 0 amide bonds. The Hall–Kier alpha value is -1.82. The van der Waals surface area contributed by atoms with Gasteiger partial charge in [0, 0.05) is 24.2 Å². The van der Waals surface area contributed by atoms with Crippen LogP contribution in [0.15, 0.2) is 18.2 Å². The van der Waals surface area contributed by atoms with Crippen LogP contribution in [0, 0.1) is 0 Å². The van der Waals surface area contributed by atoms with Gasteiger partial charge in [0.25, 0.3) is 0 Å². The van der Waals surface area contributed by atoms with Crippen LogP contribution in [0.5, 0.6) is 0 Å². The molecule has 1 N–H and O–H groups in total.